The molecule has 28 heavy (non-hydrogen) atoms. The summed E-state index contributed by atoms with van der Waals surface area (Å²) in [6.45, 7) is 2.84. The molecule has 0 fully saturated rings. The van der Waals surface area contributed by atoms with E-state index in [0.29, 0.717) is 13.0 Å². The number of ether oxygens (including phenoxy) is 1. The second-order valence-corrected chi connectivity index (χ2v) is 7.52. The molecule has 0 saturated carbocycles. The maximum Gasteiger partial charge on any atom is 0.228 e. The van der Waals surface area contributed by atoms with Crippen LogP contribution in [0.5, 0.6) is 5.75 Å². The van der Waals surface area contributed by atoms with Crippen molar-refractivity contribution >= 4 is 33.1 Å². The minimum atomic E-state index is -0.0382. The number of allylic oxidation sites excluding steroid dienone is 2. The molecule has 0 atom stereocenters. The molecule has 146 valence electrons. The third kappa shape index (κ3) is 6.20. The van der Waals surface area contributed by atoms with E-state index in [9.17, 15) is 4.79 Å². The van der Waals surface area contributed by atoms with Crippen molar-refractivity contribution in [2.75, 3.05) is 11.9 Å². The molecule has 1 N–H and O–H groups in total. The summed E-state index contributed by atoms with van der Waals surface area (Å²) in [4.78, 5) is 16.6. The number of fused-ring (bicyclic) bond motifs is 1. The molecule has 1 heterocycles. The second kappa shape index (κ2) is 10.6. The van der Waals surface area contributed by atoms with E-state index in [1.165, 1.54) is 0 Å². The van der Waals surface area contributed by atoms with Crippen LogP contribution in [0.3, 0.4) is 0 Å². The van der Waals surface area contributed by atoms with E-state index in [1.807, 2.05) is 48.0 Å². The van der Waals surface area contributed by atoms with Gasteiger partial charge in [-0.25, -0.2) is 4.98 Å². The van der Waals surface area contributed by atoms with Gasteiger partial charge in [-0.2, -0.15) is 0 Å². The zero-order valence-corrected chi connectivity index (χ0v) is 17.0. The Labute approximate surface area is 170 Å². The third-order valence-corrected chi connectivity index (χ3v) is 5.11. The van der Waals surface area contributed by atoms with Crippen LogP contribution in [0.25, 0.3) is 10.2 Å². The molecule has 0 bridgehead atoms. The molecule has 1 aromatic heterocycles. The predicted octanol–water partition coefficient (Wildman–Crippen LogP) is 5.99. The lowest BCUT2D eigenvalue weighted by molar-refractivity contribution is -0.115. The largest absolute Gasteiger partial charge is 0.494 e. The van der Waals surface area contributed by atoms with E-state index in [4.69, 9.17) is 4.74 Å². The number of anilines is 1. The fourth-order valence-electron chi connectivity index (χ4n) is 2.91. The van der Waals surface area contributed by atoms with Gasteiger partial charge in [0, 0.05) is 5.69 Å². The van der Waals surface area contributed by atoms with Gasteiger partial charge >= 0.3 is 0 Å². The average molecular weight is 395 g/mol. The molecule has 2 aromatic carbocycles. The minimum absolute atomic E-state index is 0.0382. The van der Waals surface area contributed by atoms with Crippen molar-refractivity contribution in [2.45, 2.75) is 39.0 Å². The monoisotopic (exact) mass is 394 g/mol. The molecule has 3 rings (SSSR count). The number of nitrogens with zero attached hydrogens (tertiary/aromatic N) is 1. The highest BCUT2D eigenvalue weighted by molar-refractivity contribution is 7.16. The first kappa shape index (κ1) is 20.1. The number of nitrogens with one attached hydrogen (secondary N) is 1. The van der Waals surface area contributed by atoms with E-state index in [1.54, 1.807) is 11.3 Å². The summed E-state index contributed by atoms with van der Waals surface area (Å²) in [5.41, 5.74) is 4.50. The van der Waals surface area contributed by atoms with Gasteiger partial charge in [0.1, 0.15) is 5.75 Å². The van der Waals surface area contributed by atoms with Crippen molar-refractivity contribution in [1.82, 2.24) is 4.98 Å². The fourth-order valence-corrected chi connectivity index (χ4v) is 3.62. The van der Waals surface area contributed by atoms with Gasteiger partial charge in [-0.05, 0) is 61.6 Å². The molecule has 0 saturated heterocycles. The van der Waals surface area contributed by atoms with Crippen LogP contribution in [-0.2, 0) is 11.2 Å². The van der Waals surface area contributed by atoms with Gasteiger partial charge in [0.05, 0.1) is 28.8 Å². The van der Waals surface area contributed by atoms with Crippen LogP contribution in [0.1, 0.15) is 38.2 Å². The quantitative estimate of drug-likeness (QED) is 0.339. The van der Waals surface area contributed by atoms with Crippen LogP contribution in [0.15, 0.2) is 60.1 Å². The Bertz CT molecular complexity index is 933. The smallest absolute Gasteiger partial charge is 0.228 e. The molecule has 4 nitrogen and oxygen atoms in total. The standard InChI is InChI=1S/C23H26N2O2S/c1-2-3-4-5-6-7-13-27-20-10-8-9-18(14-20)15-23(26)25-19-11-12-21-22(16-19)28-17-24-21/h3-4,8-12,14,16-17H,2,5-7,13,15H2,1H3,(H,25,26). The number of benzene rings is 2. The lowest BCUT2D eigenvalue weighted by Crippen LogP contribution is -2.14. The van der Waals surface area contributed by atoms with Crippen LogP contribution in [0, 0.1) is 0 Å². The van der Waals surface area contributed by atoms with Gasteiger partial charge < -0.3 is 10.1 Å². The highest BCUT2D eigenvalue weighted by atomic mass is 32.1. The molecule has 3 aromatic rings. The number of aromatic nitrogens is 1. The first-order valence-electron chi connectivity index (χ1n) is 9.74. The topological polar surface area (TPSA) is 51.2 Å². The van der Waals surface area contributed by atoms with Crippen molar-refractivity contribution in [1.29, 1.82) is 0 Å². The number of thiazole rings is 1. The van der Waals surface area contributed by atoms with Crippen LogP contribution < -0.4 is 10.1 Å². The number of rotatable bonds is 10. The Morgan fingerprint density at radius 2 is 2.11 bits per heavy atom. The van der Waals surface area contributed by atoms with Gasteiger partial charge in [0.2, 0.25) is 5.91 Å². The first-order chi connectivity index (χ1) is 13.7. The first-order valence-corrected chi connectivity index (χ1v) is 10.6. The van der Waals surface area contributed by atoms with Gasteiger partial charge in [-0.15, -0.1) is 11.3 Å². The normalized spacial score (nSPS) is 11.2. The Morgan fingerprint density at radius 1 is 1.18 bits per heavy atom. The zero-order chi connectivity index (χ0) is 19.6. The molecule has 0 unspecified atom stereocenters. The molecule has 0 aliphatic carbocycles. The summed E-state index contributed by atoms with van der Waals surface area (Å²) in [6, 6.07) is 13.5. The molecule has 0 spiro atoms. The molecule has 0 radical (unpaired) electrons. The van der Waals surface area contributed by atoms with E-state index >= 15 is 0 Å². The minimum Gasteiger partial charge on any atom is -0.494 e. The molecule has 1 amide bonds. The molecular weight excluding hydrogens is 368 g/mol. The molecular formula is C23H26N2O2S. The Morgan fingerprint density at radius 3 is 3.00 bits per heavy atom. The summed E-state index contributed by atoms with van der Waals surface area (Å²) in [5.74, 6) is 0.782. The second-order valence-electron chi connectivity index (χ2n) is 6.63. The lowest BCUT2D eigenvalue weighted by Gasteiger charge is -2.09. The van der Waals surface area contributed by atoms with Crippen LogP contribution >= 0.6 is 11.3 Å². The summed E-state index contributed by atoms with van der Waals surface area (Å²) in [7, 11) is 0. The van der Waals surface area contributed by atoms with Crippen molar-refractivity contribution in [2.24, 2.45) is 0 Å². The van der Waals surface area contributed by atoms with Crippen LogP contribution in [-0.4, -0.2) is 17.5 Å². The number of carbonyl (C=O) groups excluding carboxylic acids is 1. The Kier molecular flexibility index (Phi) is 7.62. The van der Waals surface area contributed by atoms with E-state index in [0.717, 1.165) is 52.9 Å². The van der Waals surface area contributed by atoms with Crippen LogP contribution in [0.2, 0.25) is 0 Å². The maximum absolute atomic E-state index is 12.4. The number of unbranched alkanes of at least 4 members (excludes halogenated alkanes) is 2. The lowest BCUT2D eigenvalue weighted by atomic mass is 10.1. The van der Waals surface area contributed by atoms with E-state index in [2.05, 4.69) is 29.4 Å². The van der Waals surface area contributed by atoms with Gasteiger partial charge in [-0.3, -0.25) is 4.79 Å². The van der Waals surface area contributed by atoms with Gasteiger partial charge in [0.25, 0.3) is 0 Å². The average Bonchev–Trinajstić information content (AvgIpc) is 3.15. The Hall–Kier alpha value is -2.66. The summed E-state index contributed by atoms with van der Waals surface area (Å²) in [5, 5.41) is 2.96. The number of amides is 1. The third-order valence-electron chi connectivity index (χ3n) is 4.31. The van der Waals surface area contributed by atoms with Gasteiger partial charge in [-0.1, -0.05) is 31.2 Å². The number of hydrogen-bond acceptors (Lipinski definition) is 4. The number of carbonyl (C=O) groups is 1. The Balaban J connectivity index is 1.46. The predicted molar refractivity (Wildman–Crippen MR) is 117 cm³/mol. The van der Waals surface area contributed by atoms with Crippen molar-refractivity contribution in [3.63, 3.8) is 0 Å². The van der Waals surface area contributed by atoms with Crippen LogP contribution in [0.4, 0.5) is 5.69 Å². The summed E-state index contributed by atoms with van der Waals surface area (Å²) < 4.78 is 6.90. The maximum atomic E-state index is 12.4. The summed E-state index contributed by atoms with van der Waals surface area (Å²) >= 11 is 1.57. The van der Waals surface area contributed by atoms with Crippen molar-refractivity contribution < 1.29 is 9.53 Å². The highest BCUT2D eigenvalue weighted by Crippen LogP contribution is 2.22. The zero-order valence-electron chi connectivity index (χ0n) is 16.2. The number of hydrogen-bond donors (Lipinski definition) is 1. The summed E-state index contributed by atoms with van der Waals surface area (Å²) in [6.07, 6.45) is 9.10. The van der Waals surface area contributed by atoms with Gasteiger partial charge in [0.15, 0.2) is 0 Å². The van der Waals surface area contributed by atoms with Crippen molar-refractivity contribution in [3.8, 4) is 5.75 Å². The molecule has 0 aliphatic rings. The highest BCUT2D eigenvalue weighted by Gasteiger charge is 2.07. The molecule has 0 aliphatic heterocycles. The van der Waals surface area contributed by atoms with E-state index in [-0.39, 0.29) is 5.91 Å². The SMILES string of the molecule is CCC=CCCCCOc1cccc(CC(=O)Nc2ccc3ncsc3c2)c1. The van der Waals surface area contributed by atoms with E-state index < -0.39 is 0 Å². The molecule has 5 heteroatoms. The van der Waals surface area contributed by atoms with Crippen molar-refractivity contribution in [3.05, 3.63) is 65.7 Å². The fraction of sp³-hybridized carbons (Fsp3) is 0.304.